The Morgan fingerprint density at radius 3 is 2.56 bits per heavy atom. The third-order valence-corrected chi connectivity index (χ3v) is 6.28. The van der Waals surface area contributed by atoms with Crippen molar-refractivity contribution in [3.8, 4) is 22.8 Å². The van der Waals surface area contributed by atoms with Crippen LogP contribution in [-0.4, -0.2) is 76.9 Å². The number of hydrogen-bond acceptors (Lipinski definition) is 10. The van der Waals surface area contributed by atoms with E-state index in [0.717, 1.165) is 11.5 Å². The van der Waals surface area contributed by atoms with E-state index >= 15 is 0 Å². The predicted molar refractivity (Wildman–Crippen MR) is 148 cm³/mol. The molecule has 1 aliphatic rings. The number of aromatic nitrogens is 4. The standard InChI is InChI=1S/C27H30N8O4/c1-32(2)18-26-29-22(17-34(26)19-7-5-4-6-8-19)20-9-10-28-27(30-20)31-21-15-24(35(36)37)23(16-25(21)38-3)33-11-13-39-14-12-33/h4-10,15-17H,11-14,18H2,1-3H3,(H,28,30,31). The highest BCUT2D eigenvalue weighted by Gasteiger charge is 2.25. The maximum Gasteiger partial charge on any atom is 0.294 e. The van der Waals surface area contributed by atoms with Crippen LogP contribution in [0.4, 0.5) is 23.0 Å². The molecule has 5 rings (SSSR count). The SMILES string of the molecule is COc1cc(N2CCOCC2)c([N+](=O)[O-])cc1Nc1nccc(-c2cn(-c3ccccc3)c(CN(C)C)n2)n1. The number of imidazole rings is 1. The summed E-state index contributed by atoms with van der Waals surface area (Å²) in [5, 5.41) is 15.1. The molecular formula is C27H30N8O4. The number of hydrogen-bond donors (Lipinski definition) is 1. The minimum absolute atomic E-state index is 0.0358. The van der Waals surface area contributed by atoms with Gasteiger partial charge in [-0.3, -0.25) is 10.1 Å². The van der Waals surface area contributed by atoms with Crippen LogP contribution >= 0.6 is 0 Å². The number of anilines is 3. The van der Waals surface area contributed by atoms with Crippen molar-refractivity contribution >= 4 is 23.0 Å². The van der Waals surface area contributed by atoms with Gasteiger partial charge in [0.15, 0.2) is 0 Å². The lowest BCUT2D eigenvalue weighted by Crippen LogP contribution is -2.36. The van der Waals surface area contributed by atoms with Crippen molar-refractivity contribution in [3.63, 3.8) is 0 Å². The zero-order chi connectivity index (χ0) is 27.4. The quantitative estimate of drug-likeness (QED) is 0.252. The third kappa shape index (κ3) is 5.81. The number of nitro benzene ring substituents is 1. The van der Waals surface area contributed by atoms with Gasteiger partial charge < -0.3 is 29.2 Å². The molecule has 0 radical (unpaired) electrons. The summed E-state index contributed by atoms with van der Waals surface area (Å²) in [4.78, 5) is 29.4. The summed E-state index contributed by atoms with van der Waals surface area (Å²) in [6, 6.07) is 14.9. The highest BCUT2D eigenvalue weighted by molar-refractivity contribution is 5.77. The van der Waals surface area contributed by atoms with Crippen molar-refractivity contribution in [2.75, 3.05) is 57.7 Å². The van der Waals surface area contributed by atoms with E-state index in [0.29, 0.717) is 61.4 Å². The molecule has 12 heteroatoms. The van der Waals surface area contributed by atoms with Crippen LogP contribution in [0, 0.1) is 10.1 Å². The molecule has 2 aromatic carbocycles. The minimum atomic E-state index is -0.394. The topological polar surface area (TPSA) is 124 Å². The number of nitrogens with one attached hydrogen (secondary N) is 1. The molecule has 3 heterocycles. The summed E-state index contributed by atoms with van der Waals surface area (Å²) in [6.07, 6.45) is 3.57. The number of morpholine rings is 1. The van der Waals surface area contributed by atoms with Crippen LogP contribution in [0.25, 0.3) is 17.1 Å². The zero-order valence-corrected chi connectivity index (χ0v) is 22.1. The first kappa shape index (κ1) is 26.1. The van der Waals surface area contributed by atoms with Gasteiger partial charge in [-0.05, 0) is 32.3 Å². The normalized spacial score (nSPS) is 13.5. The second-order valence-electron chi connectivity index (χ2n) is 9.27. The van der Waals surface area contributed by atoms with Gasteiger partial charge >= 0.3 is 0 Å². The molecule has 0 amide bonds. The van der Waals surface area contributed by atoms with E-state index in [1.54, 1.807) is 18.3 Å². The molecule has 0 saturated carbocycles. The van der Waals surface area contributed by atoms with Crippen molar-refractivity contribution in [3.05, 3.63) is 76.9 Å². The van der Waals surface area contributed by atoms with Crippen LogP contribution < -0.4 is 15.0 Å². The molecule has 0 aliphatic carbocycles. The summed E-state index contributed by atoms with van der Waals surface area (Å²) in [7, 11) is 5.51. The third-order valence-electron chi connectivity index (χ3n) is 6.28. The summed E-state index contributed by atoms with van der Waals surface area (Å²) >= 11 is 0. The molecule has 0 unspecified atom stereocenters. The van der Waals surface area contributed by atoms with Gasteiger partial charge in [-0.15, -0.1) is 0 Å². The molecule has 2 aromatic heterocycles. The van der Waals surface area contributed by atoms with Gasteiger partial charge in [0.2, 0.25) is 5.95 Å². The molecule has 0 atom stereocenters. The van der Waals surface area contributed by atoms with Crippen LogP contribution in [0.1, 0.15) is 5.82 Å². The molecule has 39 heavy (non-hydrogen) atoms. The Kier molecular flexibility index (Phi) is 7.66. The van der Waals surface area contributed by atoms with Gasteiger partial charge in [0.1, 0.15) is 23.0 Å². The first-order valence-corrected chi connectivity index (χ1v) is 12.5. The lowest BCUT2D eigenvalue weighted by atomic mass is 10.2. The van der Waals surface area contributed by atoms with E-state index in [-0.39, 0.29) is 11.6 Å². The Morgan fingerprint density at radius 1 is 1.10 bits per heavy atom. The predicted octanol–water partition coefficient (Wildman–Crippen LogP) is 3.89. The number of ether oxygens (including phenoxy) is 2. The first-order valence-electron chi connectivity index (χ1n) is 12.5. The second kappa shape index (κ2) is 11.5. The van der Waals surface area contributed by atoms with E-state index in [9.17, 15) is 10.1 Å². The molecule has 1 aliphatic heterocycles. The molecule has 4 aromatic rings. The number of benzene rings is 2. The smallest absolute Gasteiger partial charge is 0.294 e. The molecule has 1 saturated heterocycles. The van der Waals surface area contributed by atoms with E-state index in [1.807, 2.05) is 60.1 Å². The van der Waals surface area contributed by atoms with Gasteiger partial charge in [0, 0.05) is 43.3 Å². The number of methoxy groups -OCH3 is 1. The summed E-state index contributed by atoms with van der Waals surface area (Å²) < 4.78 is 13.0. The van der Waals surface area contributed by atoms with Gasteiger partial charge in [-0.1, -0.05) is 18.2 Å². The van der Waals surface area contributed by atoms with Gasteiger partial charge in [-0.25, -0.2) is 15.0 Å². The maximum atomic E-state index is 12.0. The summed E-state index contributed by atoms with van der Waals surface area (Å²) in [5.74, 6) is 1.57. The molecule has 0 spiro atoms. The van der Waals surface area contributed by atoms with Gasteiger partial charge in [0.25, 0.3) is 5.69 Å². The van der Waals surface area contributed by atoms with Crippen molar-refractivity contribution in [2.45, 2.75) is 6.54 Å². The first-order chi connectivity index (χ1) is 18.9. The van der Waals surface area contributed by atoms with Crippen LogP contribution in [0.15, 0.2) is 60.9 Å². The van der Waals surface area contributed by atoms with Crippen molar-refractivity contribution in [1.29, 1.82) is 0 Å². The van der Waals surface area contributed by atoms with Crippen molar-refractivity contribution in [1.82, 2.24) is 24.4 Å². The molecule has 12 nitrogen and oxygen atoms in total. The minimum Gasteiger partial charge on any atom is -0.494 e. The Hall–Kier alpha value is -4.55. The van der Waals surface area contributed by atoms with Crippen molar-refractivity contribution in [2.24, 2.45) is 0 Å². The molecule has 1 fully saturated rings. The molecule has 202 valence electrons. The van der Waals surface area contributed by atoms with Crippen molar-refractivity contribution < 1.29 is 14.4 Å². The molecular weight excluding hydrogens is 500 g/mol. The number of para-hydroxylation sites is 1. The van der Waals surface area contributed by atoms with E-state index in [4.69, 9.17) is 14.5 Å². The lowest BCUT2D eigenvalue weighted by molar-refractivity contribution is -0.384. The number of nitro groups is 1. The lowest BCUT2D eigenvalue weighted by Gasteiger charge is -2.29. The average molecular weight is 531 g/mol. The summed E-state index contributed by atoms with van der Waals surface area (Å²) in [5.41, 5.74) is 3.13. The van der Waals surface area contributed by atoms with Crippen LogP contribution in [0.2, 0.25) is 0 Å². The van der Waals surface area contributed by atoms with Crippen LogP contribution in [-0.2, 0) is 11.3 Å². The maximum absolute atomic E-state index is 12.0. The van der Waals surface area contributed by atoms with E-state index in [2.05, 4.69) is 20.2 Å². The highest BCUT2D eigenvalue weighted by Crippen LogP contribution is 2.39. The van der Waals surface area contributed by atoms with E-state index < -0.39 is 4.92 Å². The molecule has 1 N–H and O–H groups in total. The Morgan fingerprint density at radius 2 is 1.87 bits per heavy atom. The Bertz CT molecular complexity index is 1450. The van der Waals surface area contributed by atoms with Gasteiger partial charge in [-0.2, -0.15) is 0 Å². The van der Waals surface area contributed by atoms with Gasteiger partial charge in [0.05, 0.1) is 43.2 Å². The largest absolute Gasteiger partial charge is 0.494 e. The van der Waals surface area contributed by atoms with Crippen LogP contribution in [0.5, 0.6) is 5.75 Å². The monoisotopic (exact) mass is 530 g/mol. The number of nitrogens with zero attached hydrogens (tertiary/aromatic N) is 7. The fourth-order valence-corrected chi connectivity index (χ4v) is 4.46. The molecule has 0 bridgehead atoms. The van der Waals surface area contributed by atoms with Crippen LogP contribution in [0.3, 0.4) is 0 Å². The Labute approximate surface area is 226 Å². The van der Waals surface area contributed by atoms with E-state index in [1.165, 1.54) is 13.2 Å². The highest BCUT2D eigenvalue weighted by atomic mass is 16.6. The fraction of sp³-hybridized carbons (Fsp3) is 0.296. The average Bonchev–Trinajstić information content (AvgIpc) is 3.37. The fourth-order valence-electron chi connectivity index (χ4n) is 4.46. The summed E-state index contributed by atoms with van der Waals surface area (Å²) in [6.45, 7) is 2.79. The zero-order valence-electron chi connectivity index (χ0n) is 22.1. The second-order valence-corrected chi connectivity index (χ2v) is 9.27. The number of rotatable bonds is 9. The Balaban J connectivity index is 1.48.